The number of aryl methyl sites for hydroxylation is 2. The van der Waals surface area contributed by atoms with E-state index in [1.165, 1.54) is 25.3 Å². The summed E-state index contributed by atoms with van der Waals surface area (Å²) in [6.45, 7) is 3.70. The van der Waals surface area contributed by atoms with E-state index in [1.807, 2.05) is 13.8 Å². The van der Waals surface area contributed by atoms with Crippen molar-refractivity contribution in [2.75, 3.05) is 17.1 Å². The Morgan fingerprint density at radius 2 is 1.70 bits per heavy atom. The van der Waals surface area contributed by atoms with Gasteiger partial charge in [-0.1, -0.05) is 35.4 Å². The van der Waals surface area contributed by atoms with Crippen LogP contribution >= 0.6 is 11.6 Å². The van der Waals surface area contributed by atoms with E-state index in [4.69, 9.17) is 16.3 Å². The highest BCUT2D eigenvalue weighted by molar-refractivity contribution is 7.92. The van der Waals surface area contributed by atoms with Gasteiger partial charge in [-0.15, -0.1) is 0 Å². The quantitative estimate of drug-likeness (QED) is 0.559. The number of hydrogen-bond donors (Lipinski definition) is 2. The number of sulfonamides is 1. The SMILES string of the molecule is COc1cc(Cl)c(C)cc1NC(=O)c1cccc(NS(=O)(=O)c2ccc(C)cc2)c1. The van der Waals surface area contributed by atoms with Crippen LogP contribution < -0.4 is 14.8 Å². The fourth-order valence-corrected chi connectivity index (χ4v) is 3.98. The Balaban J connectivity index is 1.82. The van der Waals surface area contributed by atoms with Crippen molar-refractivity contribution in [3.05, 3.63) is 82.4 Å². The molecule has 3 aromatic rings. The zero-order valence-corrected chi connectivity index (χ0v) is 18.3. The van der Waals surface area contributed by atoms with Gasteiger partial charge in [0.05, 0.1) is 17.7 Å². The summed E-state index contributed by atoms with van der Waals surface area (Å²) in [6.07, 6.45) is 0. The molecule has 0 aliphatic carbocycles. The van der Waals surface area contributed by atoms with Gasteiger partial charge in [0.1, 0.15) is 5.75 Å². The van der Waals surface area contributed by atoms with Crippen LogP contribution in [0.1, 0.15) is 21.5 Å². The lowest BCUT2D eigenvalue weighted by Crippen LogP contribution is -2.15. The van der Waals surface area contributed by atoms with Crippen LogP contribution in [0.25, 0.3) is 0 Å². The highest BCUT2D eigenvalue weighted by atomic mass is 35.5. The lowest BCUT2D eigenvalue weighted by atomic mass is 10.1. The molecule has 156 valence electrons. The first-order valence-electron chi connectivity index (χ1n) is 9.04. The molecule has 0 saturated carbocycles. The van der Waals surface area contributed by atoms with Crippen LogP contribution in [0.4, 0.5) is 11.4 Å². The van der Waals surface area contributed by atoms with Crippen molar-refractivity contribution in [3.8, 4) is 5.75 Å². The molecule has 8 heteroatoms. The van der Waals surface area contributed by atoms with Gasteiger partial charge in [-0.25, -0.2) is 8.42 Å². The number of carbonyl (C=O) groups excluding carboxylic acids is 1. The first-order valence-corrected chi connectivity index (χ1v) is 10.9. The number of hydrogen-bond acceptors (Lipinski definition) is 4. The molecule has 0 aliphatic heterocycles. The molecule has 0 aliphatic rings. The normalized spacial score (nSPS) is 11.1. The number of rotatable bonds is 6. The molecule has 0 unspecified atom stereocenters. The van der Waals surface area contributed by atoms with E-state index in [-0.39, 0.29) is 16.1 Å². The van der Waals surface area contributed by atoms with Crippen LogP contribution in [-0.2, 0) is 10.0 Å². The van der Waals surface area contributed by atoms with Crippen LogP contribution in [0.5, 0.6) is 5.75 Å². The molecule has 1 amide bonds. The van der Waals surface area contributed by atoms with E-state index in [2.05, 4.69) is 10.0 Å². The fourth-order valence-electron chi connectivity index (χ4n) is 2.78. The minimum atomic E-state index is -3.77. The second-order valence-electron chi connectivity index (χ2n) is 6.76. The van der Waals surface area contributed by atoms with Gasteiger partial charge >= 0.3 is 0 Å². The molecule has 3 rings (SSSR count). The van der Waals surface area contributed by atoms with Crippen molar-refractivity contribution in [1.82, 2.24) is 0 Å². The Hall–Kier alpha value is -3.03. The van der Waals surface area contributed by atoms with E-state index in [0.717, 1.165) is 11.1 Å². The third kappa shape index (κ3) is 4.93. The molecule has 30 heavy (non-hydrogen) atoms. The second kappa shape index (κ2) is 8.77. The summed E-state index contributed by atoms with van der Waals surface area (Å²) in [7, 11) is -2.29. The average molecular weight is 445 g/mol. The predicted octanol–water partition coefficient (Wildman–Crippen LogP) is 5.02. The van der Waals surface area contributed by atoms with Crippen molar-refractivity contribution in [3.63, 3.8) is 0 Å². The first kappa shape index (κ1) is 21.7. The molecule has 0 radical (unpaired) electrons. The third-order valence-corrected chi connectivity index (χ3v) is 6.24. The summed E-state index contributed by atoms with van der Waals surface area (Å²) in [5.41, 5.74) is 2.78. The van der Waals surface area contributed by atoms with Crippen molar-refractivity contribution in [2.45, 2.75) is 18.7 Å². The highest BCUT2D eigenvalue weighted by Gasteiger charge is 2.16. The summed E-state index contributed by atoms with van der Waals surface area (Å²) >= 11 is 6.10. The molecule has 0 spiro atoms. The number of anilines is 2. The second-order valence-corrected chi connectivity index (χ2v) is 8.84. The van der Waals surface area contributed by atoms with Gasteiger partial charge in [0.2, 0.25) is 0 Å². The van der Waals surface area contributed by atoms with Crippen molar-refractivity contribution in [1.29, 1.82) is 0 Å². The van der Waals surface area contributed by atoms with Gasteiger partial charge in [0.15, 0.2) is 0 Å². The average Bonchev–Trinajstić information content (AvgIpc) is 2.70. The standard InChI is InChI=1S/C22H21ClN2O4S/c1-14-7-9-18(10-8-14)30(27,28)25-17-6-4-5-16(12-17)22(26)24-20-11-15(2)19(23)13-21(20)29-3/h4-13,25H,1-3H3,(H,24,26). The van der Waals surface area contributed by atoms with E-state index >= 15 is 0 Å². The molecule has 0 aromatic heterocycles. The molecule has 0 heterocycles. The van der Waals surface area contributed by atoms with Gasteiger partial charge in [0.25, 0.3) is 15.9 Å². The van der Waals surface area contributed by atoms with Crippen molar-refractivity contribution < 1.29 is 17.9 Å². The largest absolute Gasteiger partial charge is 0.495 e. The maximum atomic E-state index is 12.7. The lowest BCUT2D eigenvalue weighted by Gasteiger charge is -2.13. The Labute approximate surface area is 180 Å². The summed E-state index contributed by atoms with van der Waals surface area (Å²) in [4.78, 5) is 12.9. The summed E-state index contributed by atoms with van der Waals surface area (Å²) < 4.78 is 33.0. The summed E-state index contributed by atoms with van der Waals surface area (Å²) in [5, 5.41) is 3.30. The van der Waals surface area contributed by atoms with Gasteiger partial charge in [-0.05, 0) is 55.8 Å². The molecule has 6 nitrogen and oxygen atoms in total. The number of amides is 1. The molecule has 0 atom stereocenters. The maximum absolute atomic E-state index is 12.7. The summed E-state index contributed by atoms with van der Waals surface area (Å²) in [6, 6.07) is 16.1. The third-order valence-electron chi connectivity index (χ3n) is 4.44. The fraction of sp³-hybridized carbons (Fsp3) is 0.136. The van der Waals surface area contributed by atoms with Gasteiger partial charge in [0, 0.05) is 22.3 Å². The van der Waals surface area contributed by atoms with Gasteiger partial charge in [-0.2, -0.15) is 0 Å². The van der Waals surface area contributed by atoms with Gasteiger partial charge < -0.3 is 10.1 Å². The van der Waals surface area contributed by atoms with E-state index in [1.54, 1.807) is 42.5 Å². The number of ether oxygens (including phenoxy) is 1. The monoisotopic (exact) mass is 444 g/mol. The number of carbonyl (C=O) groups is 1. The Bertz CT molecular complexity index is 1190. The predicted molar refractivity (Wildman–Crippen MR) is 119 cm³/mol. The Kier molecular flexibility index (Phi) is 6.34. The zero-order valence-electron chi connectivity index (χ0n) is 16.7. The number of nitrogens with one attached hydrogen (secondary N) is 2. The van der Waals surface area contributed by atoms with Crippen LogP contribution in [0.3, 0.4) is 0 Å². The molecule has 3 aromatic carbocycles. The zero-order chi connectivity index (χ0) is 21.9. The number of benzene rings is 3. The van der Waals surface area contributed by atoms with Crippen LogP contribution in [-0.4, -0.2) is 21.4 Å². The van der Waals surface area contributed by atoms with Crippen molar-refractivity contribution in [2.24, 2.45) is 0 Å². The first-order chi connectivity index (χ1) is 14.2. The number of methoxy groups -OCH3 is 1. The molecular weight excluding hydrogens is 424 g/mol. The van der Waals surface area contributed by atoms with E-state index in [0.29, 0.717) is 16.5 Å². The van der Waals surface area contributed by atoms with Crippen LogP contribution in [0, 0.1) is 13.8 Å². The van der Waals surface area contributed by atoms with E-state index in [9.17, 15) is 13.2 Å². The lowest BCUT2D eigenvalue weighted by molar-refractivity contribution is 0.102. The molecular formula is C22H21ClN2O4S. The van der Waals surface area contributed by atoms with E-state index < -0.39 is 15.9 Å². The number of halogens is 1. The Morgan fingerprint density at radius 1 is 1.00 bits per heavy atom. The van der Waals surface area contributed by atoms with Crippen LogP contribution in [0.15, 0.2) is 65.6 Å². The van der Waals surface area contributed by atoms with Gasteiger partial charge in [-0.3, -0.25) is 9.52 Å². The minimum absolute atomic E-state index is 0.143. The topological polar surface area (TPSA) is 84.5 Å². The molecule has 0 bridgehead atoms. The smallest absolute Gasteiger partial charge is 0.261 e. The molecule has 0 fully saturated rings. The summed E-state index contributed by atoms with van der Waals surface area (Å²) in [5.74, 6) is 0.0154. The molecule has 0 saturated heterocycles. The minimum Gasteiger partial charge on any atom is -0.495 e. The highest BCUT2D eigenvalue weighted by Crippen LogP contribution is 2.31. The molecule has 2 N–H and O–H groups in total. The van der Waals surface area contributed by atoms with Crippen LogP contribution in [0.2, 0.25) is 5.02 Å². The van der Waals surface area contributed by atoms with Crippen molar-refractivity contribution >= 4 is 38.9 Å². The maximum Gasteiger partial charge on any atom is 0.261 e. The Morgan fingerprint density at radius 3 is 2.37 bits per heavy atom.